The SMILES string of the molecule is CCN(CC)S(=O)(=O)c1ccc(Nc2ncnc(NC3CCCC3)c2N)cc1. The molecule has 0 amide bonds. The zero-order chi connectivity index (χ0) is 20.1. The summed E-state index contributed by atoms with van der Waals surface area (Å²) in [6.45, 7) is 4.53. The Kier molecular flexibility index (Phi) is 6.35. The van der Waals surface area contributed by atoms with Crippen LogP contribution in [0.15, 0.2) is 35.5 Å². The third kappa shape index (κ3) is 4.36. The van der Waals surface area contributed by atoms with Crippen LogP contribution in [0.5, 0.6) is 0 Å². The minimum absolute atomic E-state index is 0.265. The molecule has 1 aromatic heterocycles. The van der Waals surface area contributed by atoms with Crippen LogP contribution >= 0.6 is 0 Å². The Morgan fingerprint density at radius 2 is 1.68 bits per heavy atom. The van der Waals surface area contributed by atoms with E-state index in [0.717, 1.165) is 12.8 Å². The zero-order valence-corrected chi connectivity index (χ0v) is 17.2. The highest BCUT2D eigenvalue weighted by Crippen LogP contribution is 2.29. The molecule has 1 aliphatic rings. The summed E-state index contributed by atoms with van der Waals surface area (Å²) >= 11 is 0. The molecule has 0 atom stereocenters. The van der Waals surface area contributed by atoms with Gasteiger partial charge >= 0.3 is 0 Å². The molecule has 2 aromatic rings. The van der Waals surface area contributed by atoms with E-state index in [9.17, 15) is 8.42 Å². The van der Waals surface area contributed by atoms with Crippen molar-refractivity contribution in [2.24, 2.45) is 0 Å². The first-order valence-electron chi connectivity index (χ1n) is 9.70. The first kappa shape index (κ1) is 20.3. The lowest BCUT2D eigenvalue weighted by Gasteiger charge is -2.19. The van der Waals surface area contributed by atoms with E-state index in [-0.39, 0.29) is 4.90 Å². The van der Waals surface area contributed by atoms with Crippen molar-refractivity contribution in [1.82, 2.24) is 14.3 Å². The monoisotopic (exact) mass is 404 g/mol. The van der Waals surface area contributed by atoms with Gasteiger partial charge in [-0.15, -0.1) is 0 Å². The molecular weight excluding hydrogens is 376 g/mol. The fraction of sp³-hybridized carbons (Fsp3) is 0.474. The van der Waals surface area contributed by atoms with Crippen molar-refractivity contribution in [3.8, 4) is 0 Å². The number of anilines is 4. The lowest BCUT2D eigenvalue weighted by molar-refractivity contribution is 0.445. The summed E-state index contributed by atoms with van der Waals surface area (Å²) < 4.78 is 26.6. The molecule has 1 saturated carbocycles. The molecule has 0 radical (unpaired) electrons. The van der Waals surface area contributed by atoms with E-state index in [2.05, 4.69) is 20.6 Å². The minimum atomic E-state index is -3.47. The number of rotatable bonds is 8. The molecule has 3 rings (SSSR count). The van der Waals surface area contributed by atoms with E-state index in [1.807, 2.05) is 13.8 Å². The molecule has 8 nitrogen and oxygen atoms in total. The van der Waals surface area contributed by atoms with E-state index in [1.165, 1.54) is 23.5 Å². The molecule has 1 aromatic carbocycles. The highest BCUT2D eigenvalue weighted by atomic mass is 32.2. The van der Waals surface area contributed by atoms with Crippen LogP contribution in [0.1, 0.15) is 39.5 Å². The molecule has 0 bridgehead atoms. The molecule has 0 unspecified atom stereocenters. The van der Waals surface area contributed by atoms with Crippen LogP contribution in [0.3, 0.4) is 0 Å². The minimum Gasteiger partial charge on any atom is -0.393 e. The average molecular weight is 405 g/mol. The maximum absolute atomic E-state index is 12.6. The Bertz CT molecular complexity index is 891. The number of nitrogen functional groups attached to an aromatic ring is 1. The summed E-state index contributed by atoms with van der Waals surface area (Å²) in [5, 5.41) is 6.54. The predicted molar refractivity (Wildman–Crippen MR) is 112 cm³/mol. The van der Waals surface area contributed by atoms with Gasteiger partial charge in [-0.1, -0.05) is 26.7 Å². The van der Waals surface area contributed by atoms with Crippen LogP contribution in [-0.4, -0.2) is 41.8 Å². The van der Waals surface area contributed by atoms with Crippen molar-refractivity contribution < 1.29 is 8.42 Å². The van der Waals surface area contributed by atoms with Gasteiger partial charge < -0.3 is 16.4 Å². The standard InChI is InChI=1S/C19H28N6O2S/c1-3-25(4-2)28(26,27)16-11-9-15(10-12-16)24-19-17(20)18(21-13-22-19)23-14-7-5-6-8-14/h9-14H,3-8,20H2,1-2H3,(H2,21,22,23,24). The first-order chi connectivity index (χ1) is 13.5. The molecule has 28 heavy (non-hydrogen) atoms. The molecule has 0 spiro atoms. The van der Waals surface area contributed by atoms with Crippen LogP contribution in [-0.2, 0) is 10.0 Å². The van der Waals surface area contributed by atoms with Gasteiger partial charge in [0, 0.05) is 24.8 Å². The molecular formula is C19H28N6O2S. The predicted octanol–water partition coefficient (Wildman–Crippen LogP) is 3.19. The van der Waals surface area contributed by atoms with Gasteiger partial charge in [-0.05, 0) is 37.1 Å². The van der Waals surface area contributed by atoms with Gasteiger partial charge in [0.15, 0.2) is 11.6 Å². The lowest BCUT2D eigenvalue weighted by Crippen LogP contribution is -2.30. The summed E-state index contributed by atoms with van der Waals surface area (Å²) in [4.78, 5) is 8.74. The van der Waals surface area contributed by atoms with E-state index >= 15 is 0 Å². The number of nitrogens with two attached hydrogens (primary N) is 1. The number of hydrogen-bond acceptors (Lipinski definition) is 7. The van der Waals surface area contributed by atoms with Gasteiger partial charge in [0.1, 0.15) is 12.0 Å². The Hall–Kier alpha value is -2.39. The molecule has 1 aliphatic carbocycles. The summed E-state index contributed by atoms with van der Waals surface area (Å²) in [5.41, 5.74) is 7.39. The van der Waals surface area contributed by atoms with Gasteiger partial charge in [-0.25, -0.2) is 18.4 Å². The molecule has 0 aliphatic heterocycles. The second-order valence-electron chi connectivity index (χ2n) is 6.85. The van der Waals surface area contributed by atoms with E-state index < -0.39 is 10.0 Å². The van der Waals surface area contributed by atoms with Gasteiger partial charge in [-0.2, -0.15) is 4.31 Å². The average Bonchev–Trinajstić information content (AvgIpc) is 3.19. The summed E-state index contributed by atoms with van der Waals surface area (Å²) in [5.74, 6) is 1.12. The fourth-order valence-corrected chi connectivity index (χ4v) is 4.89. The van der Waals surface area contributed by atoms with Crippen molar-refractivity contribution in [1.29, 1.82) is 0 Å². The summed E-state index contributed by atoms with van der Waals surface area (Å²) in [7, 11) is -3.47. The molecule has 1 fully saturated rings. The molecule has 4 N–H and O–H groups in total. The lowest BCUT2D eigenvalue weighted by atomic mass is 10.2. The van der Waals surface area contributed by atoms with Crippen LogP contribution in [0.25, 0.3) is 0 Å². The van der Waals surface area contributed by atoms with Gasteiger partial charge in [-0.3, -0.25) is 0 Å². The second-order valence-corrected chi connectivity index (χ2v) is 8.79. The number of nitrogens with one attached hydrogen (secondary N) is 2. The van der Waals surface area contributed by atoms with Crippen LogP contribution in [0.4, 0.5) is 23.0 Å². The van der Waals surface area contributed by atoms with Crippen molar-refractivity contribution in [3.05, 3.63) is 30.6 Å². The Morgan fingerprint density at radius 3 is 2.29 bits per heavy atom. The number of aromatic nitrogens is 2. The Morgan fingerprint density at radius 1 is 1.07 bits per heavy atom. The van der Waals surface area contributed by atoms with Gasteiger partial charge in [0.2, 0.25) is 10.0 Å². The normalized spacial score (nSPS) is 15.1. The molecule has 152 valence electrons. The molecule has 1 heterocycles. The summed E-state index contributed by atoms with van der Waals surface area (Å²) in [6, 6.07) is 7.00. The third-order valence-electron chi connectivity index (χ3n) is 5.04. The van der Waals surface area contributed by atoms with Crippen molar-refractivity contribution in [3.63, 3.8) is 0 Å². The number of hydrogen-bond donors (Lipinski definition) is 3. The third-order valence-corrected chi connectivity index (χ3v) is 7.10. The smallest absolute Gasteiger partial charge is 0.243 e. The van der Waals surface area contributed by atoms with Crippen molar-refractivity contribution in [2.75, 3.05) is 29.5 Å². The Balaban J connectivity index is 1.75. The van der Waals surface area contributed by atoms with Crippen LogP contribution in [0, 0.1) is 0 Å². The highest BCUT2D eigenvalue weighted by molar-refractivity contribution is 7.89. The largest absolute Gasteiger partial charge is 0.393 e. The highest BCUT2D eigenvalue weighted by Gasteiger charge is 2.21. The van der Waals surface area contributed by atoms with Crippen molar-refractivity contribution >= 4 is 33.0 Å². The van der Waals surface area contributed by atoms with Crippen LogP contribution < -0.4 is 16.4 Å². The number of benzene rings is 1. The molecule has 0 saturated heterocycles. The number of sulfonamides is 1. The second kappa shape index (κ2) is 8.74. The quantitative estimate of drug-likeness (QED) is 0.619. The topological polar surface area (TPSA) is 113 Å². The number of nitrogens with zero attached hydrogens (tertiary/aromatic N) is 3. The summed E-state index contributed by atoms with van der Waals surface area (Å²) in [6.07, 6.45) is 6.14. The van der Waals surface area contributed by atoms with E-state index in [4.69, 9.17) is 5.73 Å². The van der Waals surface area contributed by atoms with Gasteiger partial charge in [0.25, 0.3) is 0 Å². The maximum Gasteiger partial charge on any atom is 0.243 e. The van der Waals surface area contributed by atoms with Gasteiger partial charge in [0.05, 0.1) is 4.90 Å². The van der Waals surface area contributed by atoms with Crippen LogP contribution in [0.2, 0.25) is 0 Å². The fourth-order valence-electron chi connectivity index (χ4n) is 3.43. The van der Waals surface area contributed by atoms with E-state index in [0.29, 0.717) is 42.1 Å². The van der Waals surface area contributed by atoms with E-state index in [1.54, 1.807) is 24.3 Å². The zero-order valence-electron chi connectivity index (χ0n) is 16.4. The van der Waals surface area contributed by atoms with Crippen molar-refractivity contribution in [2.45, 2.75) is 50.5 Å². The Labute approximate surface area is 166 Å². The first-order valence-corrected chi connectivity index (χ1v) is 11.1. The maximum atomic E-state index is 12.6. The molecule has 9 heteroatoms.